The number of rotatable bonds is 3. The third kappa shape index (κ3) is 2.80. The molecule has 22 heavy (non-hydrogen) atoms. The van der Waals surface area contributed by atoms with Gasteiger partial charge in [0, 0.05) is 0 Å². The maximum absolute atomic E-state index is 12.5. The van der Waals surface area contributed by atoms with E-state index in [9.17, 15) is 13.2 Å². The molecule has 3 rings (SSSR count). The number of hydrogen-bond acceptors (Lipinski definition) is 4. The van der Waals surface area contributed by atoms with Gasteiger partial charge in [0.05, 0.1) is 5.56 Å². The lowest BCUT2D eigenvalue weighted by atomic mass is 10.2. The van der Waals surface area contributed by atoms with E-state index in [0.29, 0.717) is 23.0 Å². The van der Waals surface area contributed by atoms with E-state index in [-0.39, 0.29) is 6.61 Å². The molecule has 0 fully saturated rings. The van der Waals surface area contributed by atoms with Crippen molar-refractivity contribution in [2.75, 3.05) is 5.73 Å². The number of pyridine rings is 1. The Bertz CT molecular complexity index is 796. The summed E-state index contributed by atoms with van der Waals surface area (Å²) in [7, 11) is 0. The third-order valence-electron chi connectivity index (χ3n) is 2.98. The highest BCUT2D eigenvalue weighted by Gasteiger charge is 2.30. The van der Waals surface area contributed by atoms with Crippen LogP contribution in [0.15, 0.2) is 42.5 Å². The monoisotopic (exact) mass is 308 g/mol. The molecule has 0 aliphatic carbocycles. The van der Waals surface area contributed by atoms with Gasteiger partial charge in [0.2, 0.25) is 0 Å². The van der Waals surface area contributed by atoms with Crippen LogP contribution in [0.1, 0.15) is 11.4 Å². The van der Waals surface area contributed by atoms with Gasteiger partial charge in [-0.2, -0.15) is 17.7 Å². The Hall–Kier alpha value is -2.77. The normalized spacial score (nSPS) is 11.8. The molecular weight excluding hydrogens is 297 g/mol. The average molecular weight is 308 g/mol. The first kappa shape index (κ1) is 14.2. The summed E-state index contributed by atoms with van der Waals surface area (Å²) in [6.07, 6.45) is -4.36. The van der Waals surface area contributed by atoms with Gasteiger partial charge in [0.15, 0.2) is 11.5 Å². The number of anilines is 1. The minimum absolute atomic E-state index is 0.0342. The molecule has 0 aliphatic rings. The lowest BCUT2D eigenvalue weighted by Gasteiger charge is -2.08. The number of nitrogen functional groups attached to an aromatic ring is 1. The predicted molar refractivity (Wildman–Crippen MR) is 73.2 cm³/mol. The van der Waals surface area contributed by atoms with Gasteiger partial charge in [-0.05, 0) is 36.4 Å². The zero-order valence-electron chi connectivity index (χ0n) is 11.2. The van der Waals surface area contributed by atoms with Gasteiger partial charge >= 0.3 is 6.18 Å². The first-order valence-corrected chi connectivity index (χ1v) is 6.34. The standard InChI is InChI=1S/C14H11F3N4O/c15-14(16,17)9-4-6-10(7-5-9)22-8-12-19-13-3-1-2-11(18)21(13)20-12/h1-7H,8,18H2. The Labute approximate surface area is 123 Å². The van der Waals surface area contributed by atoms with Gasteiger partial charge in [0.25, 0.3) is 0 Å². The van der Waals surface area contributed by atoms with E-state index in [0.717, 1.165) is 12.1 Å². The predicted octanol–water partition coefficient (Wildman–Crippen LogP) is 2.91. The van der Waals surface area contributed by atoms with Crippen LogP contribution in [-0.4, -0.2) is 14.6 Å². The van der Waals surface area contributed by atoms with Gasteiger partial charge in [-0.1, -0.05) is 6.07 Å². The highest BCUT2D eigenvalue weighted by atomic mass is 19.4. The molecule has 0 aliphatic heterocycles. The third-order valence-corrected chi connectivity index (χ3v) is 2.98. The largest absolute Gasteiger partial charge is 0.486 e. The fourth-order valence-electron chi connectivity index (χ4n) is 1.92. The topological polar surface area (TPSA) is 65.4 Å². The number of hydrogen-bond donors (Lipinski definition) is 1. The second-order valence-corrected chi connectivity index (χ2v) is 4.56. The maximum atomic E-state index is 12.5. The Morgan fingerprint density at radius 1 is 1.09 bits per heavy atom. The van der Waals surface area contributed by atoms with Crippen molar-refractivity contribution in [3.8, 4) is 5.75 Å². The summed E-state index contributed by atoms with van der Waals surface area (Å²) in [4.78, 5) is 4.21. The second kappa shape index (κ2) is 5.21. The maximum Gasteiger partial charge on any atom is 0.416 e. The van der Waals surface area contributed by atoms with Crippen LogP contribution in [0.5, 0.6) is 5.75 Å². The number of alkyl halides is 3. The van der Waals surface area contributed by atoms with Crippen molar-refractivity contribution in [2.24, 2.45) is 0 Å². The Morgan fingerprint density at radius 3 is 2.45 bits per heavy atom. The molecular formula is C14H11F3N4O. The first-order chi connectivity index (χ1) is 10.4. The smallest absolute Gasteiger partial charge is 0.416 e. The van der Waals surface area contributed by atoms with Gasteiger partial charge in [-0.25, -0.2) is 4.98 Å². The minimum atomic E-state index is -4.36. The highest BCUT2D eigenvalue weighted by Crippen LogP contribution is 2.30. The molecule has 3 aromatic rings. The molecule has 0 saturated heterocycles. The van der Waals surface area contributed by atoms with Crippen molar-refractivity contribution < 1.29 is 17.9 Å². The van der Waals surface area contributed by atoms with Crippen LogP contribution in [0.4, 0.5) is 19.0 Å². The molecule has 2 N–H and O–H groups in total. The van der Waals surface area contributed by atoms with Crippen molar-refractivity contribution in [1.29, 1.82) is 0 Å². The van der Waals surface area contributed by atoms with Crippen LogP contribution in [0.25, 0.3) is 5.65 Å². The lowest BCUT2D eigenvalue weighted by molar-refractivity contribution is -0.137. The van der Waals surface area contributed by atoms with E-state index in [1.165, 1.54) is 16.6 Å². The molecule has 2 heterocycles. The molecule has 0 radical (unpaired) electrons. The number of halogens is 3. The summed E-state index contributed by atoms with van der Waals surface area (Å²) in [5.41, 5.74) is 5.60. The summed E-state index contributed by atoms with van der Waals surface area (Å²) < 4.78 is 44.2. The van der Waals surface area contributed by atoms with E-state index in [2.05, 4.69) is 10.1 Å². The molecule has 0 unspecified atom stereocenters. The van der Waals surface area contributed by atoms with E-state index >= 15 is 0 Å². The summed E-state index contributed by atoms with van der Waals surface area (Å²) in [6.45, 7) is 0.0342. The van der Waals surface area contributed by atoms with Crippen molar-refractivity contribution in [1.82, 2.24) is 14.6 Å². The highest BCUT2D eigenvalue weighted by molar-refractivity contribution is 5.45. The SMILES string of the molecule is Nc1cccc2nc(COc3ccc(C(F)(F)F)cc3)nn12. The molecule has 0 bridgehead atoms. The first-order valence-electron chi connectivity index (χ1n) is 6.34. The van der Waals surface area contributed by atoms with Gasteiger partial charge in [-0.15, -0.1) is 5.10 Å². The molecule has 8 heteroatoms. The van der Waals surface area contributed by atoms with Crippen LogP contribution in [0, 0.1) is 0 Å². The number of nitrogens with zero attached hydrogens (tertiary/aromatic N) is 3. The summed E-state index contributed by atoms with van der Waals surface area (Å²) in [5.74, 6) is 1.13. The fourth-order valence-corrected chi connectivity index (χ4v) is 1.92. The number of benzene rings is 1. The van der Waals surface area contributed by atoms with Gasteiger partial charge in [0.1, 0.15) is 18.2 Å². The van der Waals surface area contributed by atoms with Gasteiger partial charge in [-0.3, -0.25) is 0 Å². The minimum Gasteiger partial charge on any atom is -0.486 e. The van der Waals surface area contributed by atoms with E-state index in [1.54, 1.807) is 18.2 Å². The zero-order chi connectivity index (χ0) is 15.7. The Balaban J connectivity index is 1.72. The molecule has 5 nitrogen and oxygen atoms in total. The lowest BCUT2D eigenvalue weighted by Crippen LogP contribution is -2.04. The number of aromatic nitrogens is 3. The molecule has 0 spiro atoms. The van der Waals surface area contributed by atoms with E-state index < -0.39 is 11.7 Å². The van der Waals surface area contributed by atoms with Crippen molar-refractivity contribution in [3.63, 3.8) is 0 Å². The van der Waals surface area contributed by atoms with Crippen molar-refractivity contribution in [3.05, 3.63) is 53.9 Å². The summed E-state index contributed by atoms with van der Waals surface area (Å²) >= 11 is 0. The van der Waals surface area contributed by atoms with Crippen LogP contribution in [0.3, 0.4) is 0 Å². The van der Waals surface area contributed by atoms with E-state index in [1.807, 2.05) is 0 Å². The molecule has 2 aromatic heterocycles. The fraction of sp³-hybridized carbons (Fsp3) is 0.143. The summed E-state index contributed by atoms with van der Waals surface area (Å²) in [6, 6.07) is 9.61. The van der Waals surface area contributed by atoms with Crippen molar-refractivity contribution >= 4 is 11.5 Å². The van der Waals surface area contributed by atoms with Crippen LogP contribution in [-0.2, 0) is 12.8 Å². The average Bonchev–Trinajstić information content (AvgIpc) is 2.89. The number of fused-ring (bicyclic) bond motifs is 1. The van der Waals surface area contributed by atoms with Gasteiger partial charge < -0.3 is 10.5 Å². The van der Waals surface area contributed by atoms with Crippen LogP contribution in [0.2, 0.25) is 0 Å². The Kier molecular flexibility index (Phi) is 3.36. The molecule has 0 saturated carbocycles. The molecule has 0 atom stereocenters. The number of ether oxygens (including phenoxy) is 1. The second-order valence-electron chi connectivity index (χ2n) is 4.56. The van der Waals surface area contributed by atoms with Crippen LogP contribution < -0.4 is 10.5 Å². The molecule has 0 amide bonds. The quantitative estimate of drug-likeness (QED) is 0.808. The van der Waals surface area contributed by atoms with Crippen LogP contribution >= 0.6 is 0 Å². The molecule has 1 aromatic carbocycles. The van der Waals surface area contributed by atoms with Crippen molar-refractivity contribution in [2.45, 2.75) is 12.8 Å². The molecule has 114 valence electrons. The Morgan fingerprint density at radius 2 is 1.82 bits per heavy atom. The summed E-state index contributed by atoms with van der Waals surface area (Å²) in [5, 5.41) is 4.16. The van der Waals surface area contributed by atoms with E-state index in [4.69, 9.17) is 10.5 Å². The number of nitrogens with two attached hydrogens (primary N) is 1. The zero-order valence-corrected chi connectivity index (χ0v) is 11.2.